The first-order chi connectivity index (χ1) is 15.9. The number of ketones is 2. The first-order valence-corrected chi connectivity index (χ1v) is 12.8. The molecule has 34 heavy (non-hydrogen) atoms. The highest BCUT2D eigenvalue weighted by atomic mass is 35.5. The van der Waals surface area contributed by atoms with E-state index >= 15 is 0 Å². The van der Waals surface area contributed by atoms with Gasteiger partial charge in [-0.15, -0.1) is 11.6 Å². The van der Waals surface area contributed by atoms with Crippen LogP contribution in [0.2, 0.25) is 0 Å². The van der Waals surface area contributed by atoms with Crippen molar-refractivity contribution in [2.24, 2.45) is 34.5 Å². The standard InChI is InChI=1S/C26H35ClO7/c1-14(22(31)33-4)23(32)34-26(20(30)13-27)10-8-18-17-6-5-15-11-16(28)7-9-24(15,2)21(17)19(29)12-25(18,26)3/h11,14,17-19,21,29H,5-10,12-13H2,1-4H3/t14?,17-,18-,19?,21+,24-,25-,26-/m0/s1. The summed E-state index contributed by atoms with van der Waals surface area (Å²) < 4.78 is 10.6. The Hall–Kier alpha value is -1.73. The minimum Gasteiger partial charge on any atom is -0.468 e. The molecule has 4 aliphatic carbocycles. The largest absolute Gasteiger partial charge is 0.468 e. The molecule has 0 radical (unpaired) electrons. The van der Waals surface area contributed by atoms with E-state index in [2.05, 4.69) is 11.7 Å². The molecule has 0 amide bonds. The number of methoxy groups -OCH3 is 1. The number of alkyl halides is 1. The Kier molecular flexibility index (Phi) is 6.52. The maximum Gasteiger partial charge on any atom is 0.321 e. The van der Waals surface area contributed by atoms with E-state index in [1.54, 1.807) is 6.08 Å². The van der Waals surface area contributed by atoms with Crippen molar-refractivity contribution in [1.82, 2.24) is 0 Å². The summed E-state index contributed by atoms with van der Waals surface area (Å²) in [5, 5.41) is 11.6. The van der Waals surface area contributed by atoms with Gasteiger partial charge in [0.25, 0.3) is 0 Å². The van der Waals surface area contributed by atoms with Crippen LogP contribution in [0.4, 0.5) is 0 Å². The number of allylic oxidation sites excluding steroid dienone is 1. The predicted octanol–water partition coefficient (Wildman–Crippen LogP) is 3.39. The summed E-state index contributed by atoms with van der Waals surface area (Å²) in [6.07, 6.45) is 5.14. The van der Waals surface area contributed by atoms with E-state index in [0.29, 0.717) is 19.3 Å². The van der Waals surface area contributed by atoms with Gasteiger partial charge in [0, 0.05) is 11.8 Å². The van der Waals surface area contributed by atoms with Crippen molar-refractivity contribution in [2.45, 2.75) is 77.4 Å². The monoisotopic (exact) mass is 494 g/mol. The van der Waals surface area contributed by atoms with Crippen LogP contribution in [0.3, 0.4) is 0 Å². The zero-order valence-corrected chi connectivity index (χ0v) is 21.2. The summed E-state index contributed by atoms with van der Waals surface area (Å²) in [5.41, 5.74) is -1.43. The Morgan fingerprint density at radius 1 is 1.18 bits per heavy atom. The van der Waals surface area contributed by atoms with E-state index in [1.807, 2.05) is 6.92 Å². The molecule has 0 aromatic rings. The number of rotatable bonds is 5. The molecule has 4 rings (SSSR count). The average molecular weight is 495 g/mol. The second kappa shape index (κ2) is 8.74. The number of Topliss-reactive ketones (excluding diaryl/α,β-unsaturated/α-hetero) is 1. The lowest BCUT2D eigenvalue weighted by molar-refractivity contribution is -0.203. The van der Waals surface area contributed by atoms with Crippen molar-refractivity contribution in [2.75, 3.05) is 13.0 Å². The van der Waals surface area contributed by atoms with Crippen LogP contribution in [0.5, 0.6) is 0 Å². The fourth-order valence-corrected chi connectivity index (χ4v) is 8.21. The lowest BCUT2D eigenvalue weighted by atomic mass is 9.45. The predicted molar refractivity (Wildman–Crippen MR) is 124 cm³/mol. The molecule has 3 saturated carbocycles. The van der Waals surface area contributed by atoms with Gasteiger partial charge in [0.1, 0.15) is 0 Å². The van der Waals surface area contributed by atoms with Crippen LogP contribution in [0.1, 0.15) is 65.7 Å². The number of hydrogen-bond acceptors (Lipinski definition) is 7. The van der Waals surface area contributed by atoms with Gasteiger partial charge >= 0.3 is 11.9 Å². The van der Waals surface area contributed by atoms with Crippen molar-refractivity contribution in [3.05, 3.63) is 11.6 Å². The van der Waals surface area contributed by atoms with Crippen molar-refractivity contribution >= 4 is 35.1 Å². The molecule has 4 aliphatic rings. The van der Waals surface area contributed by atoms with Crippen molar-refractivity contribution in [3.8, 4) is 0 Å². The first kappa shape index (κ1) is 25.4. The number of hydrogen-bond donors (Lipinski definition) is 1. The van der Waals surface area contributed by atoms with E-state index in [9.17, 15) is 24.3 Å². The van der Waals surface area contributed by atoms with Gasteiger partial charge in [-0.1, -0.05) is 19.4 Å². The van der Waals surface area contributed by atoms with E-state index < -0.39 is 35.0 Å². The van der Waals surface area contributed by atoms with E-state index in [0.717, 1.165) is 24.8 Å². The van der Waals surface area contributed by atoms with Gasteiger partial charge in [-0.25, -0.2) is 0 Å². The molecule has 3 fully saturated rings. The van der Waals surface area contributed by atoms with Crippen molar-refractivity contribution in [3.63, 3.8) is 0 Å². The quantitative estimate of drug-likeness (QED) is 0.354. The Balaban J connectivity index is 1.71. The Bertz CT molecular complexity index is 943. The number of aliphatic hydroxyl groups excluding tert-OH is 1. The van der Waals surface area contributed by atoms with Crippen LogP contribution < -0.4 is 0 Å². The lowest BCUT2D eigenvalue weighted by Crippen LogP contribution is -2.63. The van der Waals surface area contributed by atoms with Crippen molar-refractivity contribution in [1.29, 1.82) is 0 Å². The number of fused-ring (bicyclic) bond motifs is 5. The minimum absolute atomic E-state index is 0.0229. The van der Waals surface area contributed by atoms with Crippen LogP contribution in [-0.2, 0) is 28.7 Å². The zero-order chi connectivity index (χ0) is 25.1. The topological polar surface area (TPSA) is 107 Å². The minimum atomic E-state index is -1.50. The van der Waals surface area contributed by atoms with E-state index in [-0.39, 0.29) is 47.0 Å². The summed E-state index contributed by atoms with van der Waals surface area (Å²) >= 11 is 6.03. The van der Waals surface area contributed by atoms with Gasteiger partial charge in [-0.3, -0.25) is 19.2 Å². The Morgan fingerprint density at radius 2 is 1.88 bits per heavy atom. The van der Waals surface area contributed by atoms with Gasteiger partial charge in [-0.2, -0.15) is 0 Å². The molecule has 7 nitrogen and oxygen atoms in total. The fraction of sp³-hybridized carbons (Fsp3) is 0.769. The third-order valence-corrected chi connectivity index (χ3v) is 10.0. The van der Waals surface area contributed by atoms with E-state index in [4.69, 9.17) is 16.3 Å². The molecule has 0 saturated heterocycles. The number of ether oxygens (including phenoxy) is 2. The highest BCUT2D eigenvalue weighted by Gasteiger charge is 2.70. The third-order valence-electron chi connectivity index (χ3n) is 9.77. The molecule has 0 aromatic carbocycles. The lowest BCUT2D eigenvalue weighted by Gasteiger charge is -2.60. The summed E-state index contributed by atoms with van der Waals surface area (Å²) in [6.45, 7) is 5.49. The van der Waals surface area contributed by atoms with Gasteiger partial charge in [0.2, 0.25) is 0 Å². The molecular weight excluding hydrogens is 460 g/mol. The van der Waals surface area contributed by atoms with Crippen LogP contribution >= 0.6 is 11.6 Å². The van der Waals surface area contributed by atoms with E-state index in [1.165, 1.54) is 14.0 Å². The SMILES string of the molecule is COC(=O)C(C)C(=O)O[C@]1(C(=O)CCl)CC[C@H]2[C@@H]3CCC4=CC(=O)CC[C@]4(C)[C@H]3C(O)C[C@@]21C. The number of aliphatic hydroxyl groups is 1. The summed E-state index contributed by atoms with van der Waals surface area (Å²) in [4.78, 5) is 50.3. The molecule has 188 valence electrons. The number of halogens is 1. The van der Waals surface area contributed by atoms with Crippen LogP contribution in [0.15, 0.2) is 11.6 Å². The van der Waals surface area contributed by atoms with Gasteiger partial charge in [0.05, 0.1) is 19.1 Å². The van der Waals surface area contributed by atoms with Gasteiger partial charge < -0.3 is 14.6 Å². The van der Waals surface area contributed by atoms with Crippen LogP contribution in [0.25, 0.3) is 0 Å². The molecule has 0 aromatic heterocycles. The molecule has 8 atom stereocenters. The molecule has 2 unspecified atom stereocenters. The number of esters is 2. The van der Waals surface area contributed by atoms with Crippen molar-refractivity contribution < 1.29 is 33.8 Å². The number of carbonyl (C=O) groups excluding carboxylic acids is 4. The average Bonchev–Trinajstić information content (AvgIpc) is 3.09. The van der Waals surface area contributed by atoms with Crippen LogP contribution in [0, 0.1) is 34.5 Å². The Morgan fingerprint density at radius 3 is 2.53 bits per heavy atom. The molecule has 1 N–H and O–H groups in total. The molecule has 0 aliphatic heterocycles. The molecule has 8 heteroatoms. The summed E-state index contributed by atoms with van der Waals surface area (Å²) in [5.74, 6) is -3.11. The fourth-order valence-electron chi connectivity index (χ4n) is 8.00. The first-order valence-electron chi connectivity index (χ1n) is 12.3. The maximum absolute atomic E-state index is 13.3. The molecule has 0 heterocycles. The maximum atomic E-state index is 13.3. The van der Waals surface area contributed by atoms with Gasteiger partial charge in [0.15, 0.2) is 23.1 Å². The molecular formula is C26H35ClO7. The zero-order valence-electron chi connectivity index (χ0n) is 20.4. The normalized spacial score (nSPS) is 41.9. The highest BCUT2D eigenvalue weighted by molar-refractivity contribution is 6.29. The summed E-state index contributed by atoms with van der Waals surface area (Å²) in [6, 6.07) is 0. The van der Waals surface area contributed by atoms with Gasteiger partial charge in [-0.05, 0) is 74.7 Å². The summed E-state index contributed by atoms with van der Waals surface area (Å²) in [7, 11) is 1.20. The third kappa shape index (κ3) is 3.48. The highest BCUT2D eigenvalue weighted by Crippen LogP contribution is 2.68. The number of carbonyl (C=O) groups is 4. The molecule has 0 spiro atoms. The Labute approximate surface area is 205 Å². The second-order valence-electron chi connectivity index (χ2n) is 11.2. The van der Waals surface area contributed by atoms with Crippen LogP contribution in [-0.4, -0.2) is 53.3 Å². The smallest absolute Gasteiger partial charge is 0.321 e. The second-order valence-corrected chi connectivity index (χ2v) is 11.4. The molecule has 0 bridgehead atoms.